The van der Waals surface area contributed by atoms with Gasteiger partial charge in [-0.05, 0) is 42.0 Å². The number of hydrogen-bond donors (Lipinski definition) is 0. The van der Waals surface area contributed by atoms with Crippen molar-refractivity contribution < 1.29 is 22.3 Å². The summed E-state index contributed by atoms with van der Waals surface area (Å²) in [5.74, 6) is -0.187. The highest BCUT2D eigenvalue weighted by Gasteiger charge is 2.34. The van der Waals surface area contributed by atoms with Crippen LogP contribution in [0.1, 0.15) is 16.7 Å². The van der Waals surface area contributed by atoms with E-state index in [1.54, 1.807) is 42.5 Å². The van der Waals surface area contributed by atoms with Crippen molar-refractivity contribution in [2.45, 2.75) is 19.3 Å². The van der Waals surface area contributed by atoms with Crippen LogP contribution in [-0.4, -0.2) is 9.78 Å². The third-order valence-electron chi connectivity index (χ3n) is 5.90. The second-order valence-electron chi connectivity index (χ2n) is 8.51. The summed E-state index contributed by atoms with van der Waals surface area (Å²) in [7, 11) is 0. The lowest BCUT2D eigenvalue weighted by Gasteiger charge is -2.12. The van der Waals surface area contributed by atoms with Crippen molar-refractivity contribution in [2.24, 2.45) is 0 Å². The molecule has 0 spiro atoms. The normalized spacial score (nSPS) is 11.8. The SMILES string of the molecule is Fc1cc(Cl)ccc1Cn1nc2c(C(F)(F)F)cccc2c1-c1cccc(COc2cc(Cl)ccc2Cl)c1. The smallest absolute Gasteiger partial charge is 0.418 e. The number of rotatable bonds is 6. The Hall–Kier alpha value is -3.26. The Morgan fingerprint density at radius 1 is 0.842 bits per heavy atom. The second kappa shape index (κ2) is 10.5. The van der Waals surface area contributed by atoms with Gasteiger partial charge in [-0.1, -0.05) is 71.2 Å². The molecule has 0 amide bonds. The average Bonchev–Trinajstić information content (AvgIpc) is 3.24. The van der Waals surface area contributed by atoms with Crippen LogP contribution < -0.4 is 4.74 Å². The molecule has 1 heterocycles. The molecule has 0 aliphatic rings. The van der Waals surface area contributed by atoms with E-state index < -0.39 is 17.6 Å². The molecule has 0 aliphatic heterocycles. The van der Waals surface area contributed by atoms with E-state index in [-0.39, 0.29) is 34.6 Å². The quantitative estimate of drug-likeness (QED) is 0.187. The van der Waals surface area contributed by atoms with E-state index in [1.807, 2.05) is 6.07 Å². The fourth-order valence-corrected chi connectivity index (χ4v) is 4.66. The monoisotopic (exact) mass is 578 g/mol. The molecule has 3 nitrogen and oxygen atoms in total. The lowest BCUT2D eigenvalue weighted by atomic mass is 10.0. The molecule has 10 heteroatoms. The number of halogens is 7. The molecule has 4 aromatic carbocycles. The van der Waals surface area contributed by atoms with Gasteiger partial charge >= 0.3 is 6.18 Å². The van der Waals surface area contributed by atoms with Crippen LogP contribution in [0.15, 0.2) is 78.9 Å². The summed E-state index contributed by atoms with van der Waals surface area (Å²) in [6.07, 6.45) is -4.62. The van der Waals surface area contributed by atoms with Gasteiger partial charge in [0.1, 0.15) is 23.7 Å². The third kappa shape index (κ3) is 5.46. The van der Waals surface area contributed by atoms with E-state index in [0.717, 1.165) is 17.7 Å². The van der Waals surface area contributed by atoms with Crippen molar-refractivity contribution in [3.8, 4) is 17.0 Å². The first-order valence-electron chi connectivity index (χ1n) is 11.3. The molecule has 0 saturated carbocycles. The molecular weight excluding hydrogens is 563 g/mol. The number of alkyl halides is 3. The van der Waals surface area contributed by atoms with Crippen molar-refractivity contribution in [2.75, 3.05) is 0 Å². The Morgan fingerprint density at radius 2 is 1.58 bits per heavy atom. The molecule has 0 fully saturated rings. The van der Waals surface area contributed by atoms with Gasteiger partial charge in [-0.15, -0.1) is 0 Å². The molecule has 0 radical (unpaired) electrons. The fraction of sp³-hybridized carbons (Fsp3) is 0.107. The number of aromatic nitrogens is 2. The minimum Gasteiger partial charge on any atom is -0.487 e. The molecule has 38 heavy (non-hydrogen) atoms. The maximum atomic E-state index is 14.6. The van der Waals surface area contributed by atoms with Gasteiger partial charge in [0.25, 0.3) is 0 Å². The Balaban J connectivity index is 1.59. The number of ether oxygens (including phenoxy) is 1. The molecule has 5 rings (SSSR count). The van der Waals surface area contributed by atoms with Gasteiger partial charge in [0.15, 0.2) is 0 Å². The van der Waals surface area contributed by atoms with Crippen molar-refractivity contribution in [1.29, 1.82) is 0 Å². The average molecular weight is 580 g/mol. The highest BCUT2D eigenvalue weighted by atomic mass is 35.5. The summed E-state index contributed by atoms with van der Waals surface area (Å²) < 4.78 is 63.3. The Bertz CT molecular complexity index is 1650. The third-order valence-corrected chi connectivity index (χ3v) is 6.68. The maximum Gasteiger partial charge on any atom is 0.418 e. The van der Waals surface area contributed by atoms with Crippen LogP contribution in [0, 0.1) is 5.82 Å². The molecule has 0 atom stereocenters. The minimum atomic E-state index is -4.62. The van der Waals surface area contributed by atoms with Crippen molar-refractivity contribution in [1.82, 2.24) is 9.78 Å². The lowest BCUT2D eigenvalue weighted by Crippen LogP contribution is -2.07. The largest absolute Gasteiger partial charge is 0.487 e. The van der Waals surface area contributed by atoms with E-state index in [4.69, 9.17) is 39.5 Å². The first kappa shape index (κ1) is 26.4. The van der Waals surface area contributed by atoms with Crippen LogP contribution in [0.3, 0.4) is 0 Å². The second-order valence-corrected chi connectivity index (χ2v) is 9.79. The molecule has 0 bridgehead atoms. The summed E-state index contributed by atoms with van der Waals surface area (Å²) in [5, 5.41) is 5.64. The molecule has 0 unspecified atom stereocenters. The molecule has 0 saturated heterocycles. The zero-order chi connectivity index (χ0) is 27.0. The van der Waals surface area contributed by atoms with Gasteiger partial charge in [0, 0.05) is 32.6 Å². The van der Waals surface area contributed by atoms with Crippen LogP contribution >= 0.6 is 34.8 Å². The van der Waals surface area contributed by atoms with E-state index in [9.17, 15) is 17.6 Å². The van der Waals surface area contributed by atoms with E-state index in [1.165, 1.54) is 22.9 Å². The predicted molar refractivity (Wildman–Crippen MR) is 141 cm³/mol. The molecular formula is C28H17Cl3F4N2O. The van der Waals surface area contributed by atoms with Gasteiger partial charge in [-0.25, -0.2) is 4.39 Å². The number of hydrogen-bond acceptors (Lipinski definition) is 2. The van der Waals surface area contributed by atoms with Crippen LogP contribution in [-0.2, 0) is 19.3 Å². The number of nitrogens with zero attached hydrogens (tertiary/aromatic N) is 2. The summed E-state index contributed by atoms with van der Waals surface area (Å²) in [4.78, 5) is 0. The summed E-state index contributed by atoms with van der Waals surface area (Å²) >= 11 is 18.1. The fourth-order valence-electron chi connectivity index (χ4n) is 4.17. The predicted octanol–water partition coefficient (Wildman–Crippen LogP) is 9.45. The topological polar surface area (TPSA) is 27.1 Å². The van der Waals surface area contributed by atoms with E-state index in [0.29, 0.717) is 27.1 Å². The highest BCUT2D eigenvalue weighted by molar-refractivity contribution is 6.34. The van der Waals surface area contributed by atoms with Gasteiger partial charge in [-0.3, -0.25) is 4.68 Å². The first-order valence-corrected chi connectivity index (χ1v) is 12.4. The van der Waals surface area contributed by atoms with Gasteiger partial charge < -0.3 is 4.74 Å². The van der Waals surface area contributed by atoms with Gasteiger partial charge in [0.2, 0.25) is 0 Å². The number of benzene rings is 4. The van der Waals surface area contributed by atoms with Crippen molar-refractivity contribution in [3.05, 3.63) is 116 Å². The molecule has 0 N–H and O–H groups in total. The van der Waals surface area contributed by atoms with Crippen LogP contribution in [0.25, 0.3) is 22.2 Å². The van der Waals surface area contributed by atoms with Crippen LogP contribution in [0.2, 0.25) is 15.1 Å². The summed E-state index contributed by atoms with van der Waals surface area (Å²) in [5.41, 5.74) is 0.845. The van der Waals surface area contributed by atoms with Crippen LogP contribution in [0.5, 0.6) is 5.75 Å². The molecule has 1 aromatic heterocycles. The van der Waals surface area contributed by atoms with E-state index >= 15 is 0 Å². The summed E-state index contributed by atoms with van der Waals surface area (Å²) in [6, 6.07) is 20.0. The van der Waals surface area contributed by atoms with Crippen LogP contribution in [0.4, 0.5) is 17.6 Å². The maximum absolute atomic E-state index is 14.6. The van der Waals surface area contributed by atoms with Crippen molar-refractivity contribution >= 4 is 45.7 Å². The van der Waals surface area contributed by atoms with Crippen molar-refractivity contribution in [3.63, 3.8) is 0 Å². The number of fused-ring (bicyclic) bond motifs is 1. The Labute approximate surface area is 230 Å². The van der Waals surface area contributed by atoms with E-state index in [2.05, 4.69) is 5.10 Å². The molecule has 0 aliphatic carbocycles. The molecule has 194 valence electrons. The molecule has 5 aromatic rings. The zero-order valence-electron chi connectivity index (χ0n) is 19.4. The standard InChI is InChI=1S/C28H17Cl3F4N2O/c29-19-8-7-18(24(32)12-19)14-37-27(21-5-2-6-22(26(21)36-37)28(33,34)35)17-4-1-3-16(11-17)15-38-25-13-20(30)9-10-23(25)31/h1-13H,14-15H2. The Morgan fingerprint density at radius 3 is 2.34 bits per heavy atom. The van der Waals surface area contributed by atoms with Gasteiger partial charge in [-0.2, -0.15) is 18.3 Å². The zero-order valence-corrected chi connectivity index (χ0v) is 21.6. The highest BCUT2D eigenvalue weighted by Crippen LogP contribution is 2.38. The first-order chi connectivity index (χ1) is 18.1. The summed E-state index contributed by atoms with van der Waals surface area (Å²) in [6.45, 7) is 0.0166. The minimum absolute atomic E-state index is 0.108. The van der Waals surface area contributed by atoms with Gasteiger partial charge in [0.05, 0.1) is 22.8 Å². The lowest BCUT2D eigenvalue weighted by molar-refractivity contribution is -0.136. The Kier molecular flexibility index (Phi) is 7.27.